The Hall–Kier alpha value is -2.04. The number of carbonyl (C=O) groups excluding carboxylic acids is 1. The molecule has 1 aromatic heterocycles. The molecule has 0 fully saturated rings. The molecule has 0 aliphatic heterocycles. The summed E-state index contributed by atoms with van der Waals surface area (Å²) in [7, 11) is 0. The van der Waals surface area contributed by atoms with Gasteiger partial charge in [-0.25, -0.2) is 13.8 Å². The van der Waals surface area contributed by atoms with Crippen molar-refractivity contribution in [3.05, 3.63) is 29.7 Å². The Morgan fingerprint density at radius 1 is 1.27 bits per heavy atom. The topological polar surface area (TPSA) is 40.5 Å². The van der Waals surface area contributed by atoms with Crippen molar-refractivity contribution in [2.75, 3.05) is 6.61 Å². The summed E-state index contributed by atoms with van der Waals surface area (Å²) in [6.07, 6.45) is 0.250. The van der Waals surface area contributed by atoms with Crippen molar-refractivity contribution in [3.8, 4) is 5.75 Å². The minimum Gasteiger partial charge on any atom is -0.485 e. The lowest BCUT2D eigenvalue weighted by Crippen LogP contribution is -2.23. The summed E-state index contributed by atoms with van der Waals surface area (Å²) in [4.78, 5) is 12.1. The van der Waals surface area contributed by atoms with Crippen LogP contribution in [0.4, 0.5) is 9.18 Å². The fourth-order valence-electron chi connectivity index (χ4n) is 2.25. The highest BCUT2D eigenvalue weighted by molar-refractivity contribution is 5.91. The van der Waals surface area contributed by atoms with E-state index in [1.54, 1.807) is 13.0 Å². The van der Waals surface area contributed by atoms with Crippen LogP contribution in [0.3, 0.4) is 0 Å². The van der Waals surface area contributed by atoms with Crippen molar-refractivity contribution in [1.82, 2.24) is 4.57 Å². The quantitative estimate of drug-likeness (QED) is 0.828. The van der Waals surface area contributed by atoms with Crippen molar-refractivity contribution in [2.45, 2.75) is 46.6 Å². The summed E-state index contributed by atoms with van der Waals surface area (Å²) < 4.78 is 26.4. The Labute approximate surface area is 129 Å². The number of hydrogen-bond acceptors (Lipinski definition) is 3. The molecular weight excluding hydrogens is 285 g/mol. The molecular formula is C17H22FNO3. The lowest BCUT2D eigenvalue weighted by Gasteiger charge is -2.21. The molecule has 0 radical (unpaired) electrons. The molecule has 0 saturated heterocycles. The van der Waals surface area contributed by atoms with E-state index >= 15 is 0 Å². The number of hydrogen-bond donors (Lipinski definition) is 0. The summed E-state index contributed by atoms with van der Waals surface area (Å²) in [5, 5.41) is 0.742. The highest BCUT2D eigenvalue weighted by atomic mass is 19.1. The molecule has 0 bridgehead atoms. The van der Waals surface area contributed by atoms with Crippen LogP contribution in [0.15, 0.2) is 18.2 Å². The summed E-state index contributed by atoms with van der Waals surface area (Å²) in [6, 6.07) is 4.75. The van der Waals surface area contributed by atoms with Crippen LogP contribution >= 0.6 is 0 Å². The van der Waals surface area contributed by atoms with Crippen LogP contribution in [0.1, 0.15) is 39.8 Å². The second-order valence-electron chi connectivity index (χ2n) is 6.29. The Morgan fingerprint density at radius 3 is 2.55 bits per heavy atom. The highest BCUT2D eigenvalue weighted by Gasteiger charge is 2.19. The molecule has 0 spiro atoms. The van der Waals surface area contributed by atoms with Gasteiger partial charge in [-0.3, -0.25) is 0 Å². The van der Waals surface area contributed by atoms with Gasteiger partial charge < -0.3 is 9.47 Å². The number of carbonyl (C=O) groups is 1. The SMILES string of the molecule is CCCOC(=O)n1c(C)cc2cc(OC(C)(C)C)c(F)cc21. The van der Waals surface area contributed by atoms with Gasteiger partial charge in [-0.2, -0.15) is 0 Å². The van der Waals surface area contributed by atoms with Crippen molar-refractivity contribution in [2.24, 2.45) is 0 Å². The van der Waals surface area contributed by atoms with E-state index in [0.29, 0.717) is 17.8 Å². The largest absolute Gasteiger partial charge is 0.485 e. The Bertz CT molecular complexity index is 698. The molecule has 0 saturated carbocycles. The summed E-state index contributed by atoms with van der Waals surface area (Å²) in [6.45, 7) is 9.62. The molecule has 2 rings (SSSR count). The minimum atomic E-state index is -0.495. The molecule has 0 aliphatic carbocycles. The van der Waals surface area contributed by atoms with E-state index in [1.165, 1.54) is 10.6 Å². The number of ether oxygens (including phenoxy) is 2. The molecule has 120 valence electrons. The van der Waals surface area contributed by atoms with Crippen LogP contribution in [0, 0.1) is 12.7 Å². The second-order valence-corrected chi connectivity index (χ2v) is 6.29. The Morgan fingerprint density at radius 2 is 1.95 bits per heavy atom. The molecule has 0 amide bonds. The van der Waals surface area contributed by atoms with E-state index in [9.17, 15) is 9.18 Å². The molecule has 0 N–H and O–H groups in total. The molecule has 22 heavy (non-hydrogen) atoms. The van der Waals surface area contributed by atoms with Gasteiger partial charge in [0.15, 0.2) is 11.6 Å². The van der Waals surface area contributed by atoms with E-state index in [-0.39, 0.29) is 5.75 Å². The number of halogens is 1. The maximum atomic E-state index is 14.3. The first-order chi connectivity index (χ1) is 10.2. The van der Waals surface area contributed by atoms with E-state index in [1.807, 2.05) is 33.8 Å². The number of nitrogens with zero attached hydrogens (tertiary/aromatic N) is 1. The summed E-state index contributed by atoms with van der Waals surface area (Å²) >= 11 is 0. The average molecular weight is 307 g/mol. The molecule has 5 heteroatoms. The first-order valence-corrected chi connectivity index (χ1v) is 7.40. The Balaban J connectivity index is 2.47. The zero-order valence-corrected chi connectivity index (χ0v) is 13.7. The van der Waals surface area contributed by atoms with Gasteiger partial charge in [-0.05, 0) is 46.2 Å². The van der Waals surface area contributed by atoms with Crippen molar-refractivity contribution >= 4 is 17.0 Å². The first-order valence-electron chi connectivity index (χ1n) is 7.40. The van der Waals surface area contributed by atoms with Crippen LogP contribution in [0.2, 0.25) is 0 Å². The molecule has 0 unspecified atom stereocenters. The van der Waals surface area contributed by atoms with Crippen LogP contribution in [-0.4, -0.2) is 22.9 Å². The maximum absolute atomic E-state index is 14.3. The zero-order valence-electron chi connectivity index (χ0n) is 13.7. The molecule has 0 atom stereocenters. The van der Waals surface area contributed by atoms with Crippen LogP contribution in [-0.2, 0) is 4.74 Å². The predicted octanol–water partition coefficient (Wildman–Crippen LogP) is 4.66. The lowest BCUT2D eigenvalue weighted by atomic mass is 10.1. The smallest absolute Gasteiger partial charge is 0.418 e. The monoisotopic (exact) mass is 307 g/mol. The van der Waals surface area contributed by atoms with Gasteiger partial charge >= 0.3 is 6.09 Å². The van der Waals surface area contributed by atoms with Gasteiger partial charge in [-0.15, -0.1) is 0 Å². The normalized spacial score (nSPS) is 11.7. The summed E-state index contributed by atoms with van der Waals surface area (Å²) in [5.74, 6) is -0.316. The number of rotatable bonds is 3. The third-order valence-corrected chi connectivity index (χ3v) is 3.07. The van der Waals surface area contributed by atoms with E-state index in [0.717, 1.165) is 11.8 Å². The standard InChI is InChI=1S/C17H22FNO3/c1-6-7-21-16(20)19-11(2)8-12-9-15(22-17(3,4)5)13(18)10-14(12)19/h8-10H,6-7H2,1-5H3. The van der Waals surface area contributed by atoms with Crippen molar-refractivity contribution in [1.29, 1.82) is 0 Å². The van der Waals surface area contributed by atoms with Gasteiger partial charge in [0.2, 0.25) is 0 Å². The minimum absolute atomic E-state index is 0.180. The van der Waals surface area contributed by atoms with Crippen LogP contribution in [0.25, 0.3) is 10.9 Å². The zero-order chi connectivity index (χ0) is 16.5. The first kappa shape index (κ1) is 16.3. The Kier molecular flexibility index (Phi) is 4.44. The molecule has 1 aromatic carbocycles. The van der Waals surface area contributed by atoms with Crippen LogP contribution < -0.4 is 4.74 Å². The maximum Gasteiger partial charge on any atom is 0.418 e. The average Bonchev–Trinajstić information content (AvgIpc) is 2.70. The number of aromatic nitrogens is 1. The van der Waals surface area contributed by atoms with Crippen molar-refractivity contribution < 1.29 is 18.7 Å². The summed E-state index contributed by atoms with van der Waals surface area (Å²) in [5.41, 5.74) is 0.687. The number of benzene rings is 1. The molecule has 4 nitrogen and oxygen atoms in total. The van der Waals surface area contributed by atoms with Gasteiger partial charge in [0.1, 0.15) is 5.60 Å². The van der Waals surface area contributed by atoms with Gasteiger partial charge in [0.05, 0.1) is 12.1 Å². The fraction of sp³-hybridized carbons (Fsp3) is 0.471. The van der Waals surface area contributed by atoms with Gasteiger partial charge in [0.25, 0.3) is 0 Å². The fourth-order valence-corrected chi connectivity index (χ4v) is 2.25. The van der Waals surface area contributed by atoms with E-state index in [2.05, 4.69) is 0 Å². The predicted molar refractivity (Wildman–Crippen MR) is 84.1 cm³/mol. The van der Waals surface area contributed by atoms with E-state index in [4.69, 9.17) is 9.47 Å². The molecule has 0 aliphatic rings. The highest BCUT2D eigenvalue weighted by Crippen LogP contribution is 2.30. The third kappa shape index (κ3) is 3.40. The number of aryl methyl sites for hydroxylation is 1. The molecule has 1 heterocycles. The third-order valence-electron chi connectivity index (χ3n) is 3.07. The number of fused-ring (bicyclic) bond motifs is 1. The lowest BCUT2D eigenvalue weighted by molar-refractivity contribution is 0.124. The molecule has 2 aromatic rings. The van der Waals surface area contributed by atoms with Gasteiger partial charge in [-0.1, -0.05) is 6.92 Å². The van der Waals surface area contributed by atoms with Gasteiger partial charge in [0, 0.05) is 17.1 Å². The van der Waals surface area contributed by atoms with Crippen molar-refractivity contribution in [3.63, 3.8) is 0 Å². The van der Waals surface area contributed by atoms with E-state index < -0.39 is 17.5 Å². The van der Waals surface area contributed by atoms with Crippen LogP contribution in [0.5, 0.6) is 5.75 Å². The second kappa shape index (κ2) is 5.99.